The van der Waals surface area contributed by atoms with Crippen molar-refractivity contribution in [2.24, 2.45) is 4.99 Å². The number of ether oxygens (including phenoxy) is 1. The standard InChI is InChI=1S/C17H15N2O2.C5H8O2.Ir/c1-19-15-6-4-3-5-14(15)17(18-11-16(19)20)12-7-9-13(21-2)10-8-12;1-4(6)3-5(2)7;/h3-7,9-10H,11H2,1-2H3;3,6H,1-2H3;/q-1;;/p+1/b;4-3-;. The summed E-state index contributed by atoms with van der Waals surface area (Å²) < 4.78 is 5.15. The van der Waals surface area contributed by atoms with E-state index in [1.165, 1.54) is 19.9 Å². The van der Waals surface area contributed by atoms with Crippen LogP contribution < -0.4 is 9.64 Å². The fraction of sp³-hybridized carbons (Fsp3) is 0.227. The zero-order chi connectivity index (χ0) is 20.7. The number of amides is 1. The molecule has 1 heterocycles. The molecular formula is C22H24IrN2O4. The van der Waals surface area contributed by atoms with Gasteiger partial charge in [0.1, 0.15) is 6.54 Å². The molecule has 1 radical (unpaired) electrons. The van der Waals surface area contributed by atoms with Crippen LogP contribution in [-0.2, 0) is 24.9 Å². The van der Waals surface area contributed by atoms with Crippen molar-refractivity contribution in [3.05, 3.63) is 71.5 Å². The summed E-state index contributed by atoms with van der Waals surface area (Å²) in [6.45, 7) is 3.14. The van der Waals surface area contributed by atoms with Crippen LogP contribution in [0.5, 0.6) is 5.75 Å². The smallest absolute Gasteiger partial charge is 0.316 e. The number of nitrogens with zero attached hydrogens (tertiary/aromatic N) is 2. The van der Waals surface area contributed by atoms with E-state index in [4.69, 9.17) is 14.6 Å². The first-order chi connectivity index (χ1) is 13.3. The number of rotatable bonds is 3. The number of aliphatic hydroxyl groups is 1. The molecule has 2 aromatic rings. The molecule has 155 valence electrons. The normalized spacial score (nSPS) is 13.1. The molecule has 0 unspecified atom stereocenters. The Balaban J connectivity index is 0.000000456. The molecule has 2 aromatic carbocycles. The van der Waals surface area contributed by atoms with Crippen molar-refractivity contribution in [1.29, 1.82) is 0 Å². The van der Waals surface area contributed by atoms with Gasteiger partial charge in [0.15, 0.2) is 0 Å². The van der Waals surface area contributed by atoms with E-state index in [9.17, 15) is 4.79 Å². The topological polar surface area (TPSA) is 83.5 Å². The molecule has 3 rings (SSSR count). The zero-order valence-electron chi connectivity index (χ0n) is 16.8. The molecule has 0 saturated heterocycles. The summed E-state index contributed by atoms with van der Waals surface area (Å²) in [6, 6.07) is 16.5. The maximum atomic E-state index is 12.0. The first kappa shape index (κ1) is 24.3. The summed E-state index contributed by atoms with van der Waals surface area (Å²) in [7, 11) is 3.40. The van der Waals surface area contributed by atoms with Crippen molar-refractivity contribution < 1.29 is 39.5 Å². The van der Waals surface area contributed by atoms with E-state index in [2.05, 4.69) is 11.1 Å². The van der Waals surface area contributed by atoms with Crippen LogP contribution in [0.2, 0.25) is 0 Å². The van der Waals surface area contributed by atoms with Crippen molar-refractivity contribution in [2.75, 3.05) is 25.6 Å². The van der Waals surface area contributed by atoms with Crippen molar-refractivity contribution >= 4 is 23.1 Å². The van der Waals surface area contributed by atoms with Gasteiger partial charge in [0.05, 0.1) is 25.9 Å². The molecule has 29 heavy (non-hydrogen) atoms. The van der Waals surface area contributed by atoms with Gasteiger partial charge in [0, 0.05) is 38.6 Å². The van der Waals surface area contributed by atoms with Crippen molar-refractivity contribution in [3.8, 4) is 5.75 Å². The second kappa shape index (κ2) is 11.3. The number of ketones is 1. The number of methoxy groups -OCH3 is 1. The molecule has 1 amide bonds. The number of hydrogen-bond donors (Lipinski definition) is 1. The first-order valence-electron chi connectivity index (χ1n) is 8.69. The number of carbonyl (C=O) groups excluding carboxylic acids is 2. The molecule has 1 aliphatic rings. The van der Waals surface area contributed by atoms with E-state index in [1.54, 1.807) is 25.1 Å². The number of anilines is 1. The number of hydrogen-bond acceptors (Lipinski definition) is 4. The Kier molecular flexibility index (Phi) is 9.45. The van der Waals surface area contributed by atoms with Gasteiger partial charge in [-0.15, -0.1) is 29.8 Å². The summed E-state index contributed by atoms with van der Waals surface area (Å²) in [5, 5.41) is 8.40. The molecule has 0 aromatic heterocycles. The molecule has 2 N–H and O–H groups in total. The molecule has 0 saturated carbocycles. The molecule has 0 fully saturated rings. The van der Waals surface area contributed by atoms with Crippen molar-refractivity contribution in [2.45, 2.75) is 13.8 Å². The molecule has 0 bridgehead atoms. The quantitative estimate of drug-likeness (QED) is 0.265. The summed E-state index contributed by atoms with van der Waals surface area (Å²) in [4.78, 5) is 26.6. The van der Waals surface area contributed by atoms with Crippen molar-refractivity contribution in [3.63, 3.8) is 0 Å². The first-order valence-corrected chi connectivity index (χ1v) is 8.69. The number of fused-ring (bicyclic) bond motifs is 1. The summed E-state index contributed by atoms with van der Waals surface area (Å²) in [6.07, 6.45) is 1.28. The van der Waals surface area contributed by atoms with Crippen LogP contribution in [0.3, 0.4) is 0 Å². The average molecular weight is 573 g/mol. The van der Waals surface area contributed by atoms with Crippen LogP contribution in [-0.4, -0.2) is 48.0 Å². The minimum Gasteiger partial charge on any atom is -0.540 e. The molecule has 7 heteroatoms. The Morgan fingerprint density at radius 2 is 1.97 bits per heavy atom. The maximum Gasteiger partial charge on any atom is 0.316 e. The van der Waals surface area contributed by atoms with Gasteiger partial charge in [0.2, 0.25) is 5.91 Å². The van der Waals surface area contributed by atoms with Crippen LogP contribution >= 0.6 is 0 Å². The Hall–Kier alpha value is -2.76. The fourth-order valence-electron chi connectivity index (χ4n) is 2.66. The Morgan fingerprint density at radius 3 is 2.48 bits per heavy atom. The van der Waals surface area contributed by atoms with E-state index in [-0.39, 0.29) is 44.1 Å². The van der Waals surface area contributed by atoms with Crippen LogP contribution in [0, 0.1) is 6.07 Å². The number of para-hydroxylation sites is 1. The Labute approximate surface area is 184 Å². The van der Waals surface area contributed by atoms with Gasteiger partial charge in [-0.1, -0.05) is 18.2 Å². The Morgan fingerprint density at radius 1 is 1.28 bits per heavy atom. The van der Waals surface area contributed by atoms with Crippen LogP contribution in [0.4, 0.5) is 5.69 Å². The van der Waals surface area contributed by atoms with E-state index in [0.29, 0.717) is 0 Å². The molecule has 0 atom stereocenters. The maximum absolute atomic E-state index is 12.0. The van der Waals surface area contributed by atoms with Crippen LogP contribution in [0.25, 0.3) is 0 Å². The Bertz CT molecular complexity index is 917. The number of benzodiazepines with no additional fused rings is 1. The fourth-order valence-corrected chi connectivity index (χ4v) is 2.66. The third kappa shape index (κ3) is 6.66. The predicted molar refractivity (Wildman–Crippen MR) is 111 cm³/mol. The van der Waals surface area contributed by atoms with Gasteiger partial charge < -0.3 is 19.7 Å². The van der Waals surface area contributed by atoms with E-state index in [0.717, 1.165) is 28.3 Å². The summed E-state index contributed by atoms with van der Waals surface area (Å²) in [5.74, 6) is 0.973. The van der Waals surface area contributed by atoms with E-state index < -0.39 is 0 Å². The summed E-state index contributed by atoms with van der Waals surface area (Å²) >= 11 is 0. The number of carbonyl (C=O) groups is 1. The molecule has 1 aliphatic heterocycles. The monoisotopic (exact) mass is 573 g/mol. The second-order valence-corrected chi connectivity index (χ2v) is 6.20. The van der Waals surface area contributed by atoms with E-state index in [1.807, 2.05) is 36.4 Å². The van der Waals surface area contributed by atoms with Gasteiger partial charge in [0.25, 0.3) is 0 Å². The minimum absolute atomic E-state index is 0. The van der Waals surface area contributed by atoms with E-state index >= 15 is 0 Å². The summed E-state index contributed by atoms with van der Waals surface area (Å²) in [5.41, 5.74) is 3.44. The zero-order valence-corrected chi connectivity index (χ0v) is 19.2. The molecule has 0 spiro atoms. The number of allylic oxidation sites excluding steroid dienone is 2. The third-order valence-corrected chi connectivity index (χ3v) is 3.96. The van der Waals surface area contributed by atoms with Gasteiger partial charge in [-0.2, -0.15) is 0 Å². The number of aliphatic imine (C=N–C) groups is 1. The van der Waals surface area contributed by atoms with Crippen LogP contribution in [0.1, 0.15) is 25.0 Å². The molecule has 6 nitrogen and oxygen atoms in total. The largest absolute Gasteiger partial charge is 0.540 e. The third-order valence-electron chi connectivity index (χ3n) is 3.96. The number of likely N-dealkylation sites (N-methyl/N-ethyl adjacent to an activating group) is 1. The second-order valence-electron chi connectivity index (χ2n) is 6.20. The average Bonchev–Trinajstić information content (AvgIpc) is 2.79. The number of aliphatic hydroxyl groups excluding tert-OH is 1. The SMILES string of the molecule is CC(=[OH+])/C=C(/C)O.COc1c[c-]c(C2=NCC(=O)N(C)c3ccccc32)cc1.[Ir]. The number of benzene rings is 2. The van der Waals surface area contributed by atoms with Crippen molar-refractivity contribution in [1.82, 2.24) is 0 Å². The minimum atomic E-state index is -0.0223. The molecular weight excluding hydrogens is 548 g/mol. The van der Waals surface area contributed by atoms with Gasteiger partial charge in [-0.3, -0.25) is 9.59 Å². The molecule has 0 aliphatic carbocycles. The van der Waals surface area contributed by atoms with Gasteiger partial charge >= 0.3 is 5.78 Å². The van der Waals surface area contributed by atoms with Crippen LogP contribution in [0.15, 0.2) is 59.3 Å². The van der Waals surface area contributed by atoms with Gasteiger partial charge in [-0.05, 0) is 24.3 Å². The predicted octanol–water partition coefficient (Wildman–Crippen LogP) is 3.32. The van der Waals surface area contributed by atoms with Gasteiger partial charge in [-0.25, -0.2) is 0 Å².